The second kappa shape index (κ2) is 8.65. The molecule has 0 radical (unpaired) electrons. The van der Waals surface area contributed by atoms with E-state index < -0.39 is 6.36 Å². The zero-order chi connectivity index (χ0) is 14.3. The zero-order valence-electron chi connectivity index (χ0n) is 10.8. The standard InChI is InChI=1S/C12H15F3N2O2.ClH/c1-16-7-6-11(18)17-8-9-4-2-3-5-10(9)19-12(13,14)15;/h2-5,16H,6-8H2,1H3,(H,17,18);1H. The minimum Gasteiger partial charge on any atom is -0.405 e. The molecule has 0 heterocycles. The predicted molar refractivity (Wildman–Crippen MR) is 70.8 cm³/mol. The lowest BCUT2D eigenvalue weighted by molar-refractivity contribution is -0.274. The van der Waals surface area contributed by atoms with Crippen LogP contribution in [0.15, 0.2) is 24.3 Å². The monoisotopic (exact) mass is 312 g/mol. The van der Waals surface area contributed by atoms with Gasteiger partial charge in [-0.15, -0.1) is 25.6 Å². The minimum absolute atomic E-state index is 0. The number of nitrogens with one attached hydrogen (secondary N) is 2. The van der Waals surface area contributed by atoms with Crippen molar-refractivity contribution in [1.82, 2.24) is 10.6 Å². The van der Waals surface area contributed by atoms with E-state index in [1.54, 1.807) is 13.1 Å². The van der Waals surface area contributed by atoms with Crippen molar-refractivity contribution in [3.05, 3.63) is 29.8 Å². The highest BCUT2D eigenvalue weighted by Crippen LogP contribution is 2.25. The Balaban J connectivity index is 0.00000361. The zero-order valence-corrected chi connectivity index (χ0v) is 11.6. The van der Waals surface area contributed by atoms with Gasteiger partial charge in [-0.2, -0.15) is 0 Å². The summed E-state index contributed by atoms with van der Waals surface area (Å²) in [6, 6.07) is 5.70. The number of rotatable bonds is 6. The number of benzene rings is 1. The topological polar surface area (TPSA) is 50.4 Å². The van der Waals surface area contributed by atoms with Gasteiger partial charge in [0.25, 0.3) is 0 Å². The molecule has 0 spiro atoms. The summed E-state index contributed by atoms with van der Waals surface area (Å²) in [5.74, 6) is -0.542. The average molecular weight is 313 g/mol. The molecule has 0 saturated carbocycles. The number of carbonyl (C=O) groups excluding carboxylic acids is 1. The fourth-order valence-corrected chi connectivity index (χ4v) is 1.39. The first-order chi connectivity index (χ1) is 8.92. The molecular weight excluding hydrogens is 297 g/mol. The van der Waals surface area contributed by atoms with Gasteiger partial charge >= 0.3 is 6.36 Å². The van der Waals surface area contributed by atoms with Crippen LogP contribution in [0.25, 0.3) is 0 Å². The Kier molecular flexibility index (Phi) is 8.02. The van der Waals surface area contributed by atoms with E-state index in [2.05, 4.69) is 15.4 Å². The summed E-state index contributed by atoms with van der Waals surface area (Å²) in [6.07, 6.45) is -4.48. The highest BCUT2D eigenvalue weighted by atomic mass is 35.5. The van der Waals surface area contributed by atoms with Crippen molar-refractivity contribution in [2.24, 2.45) is 0 Å². The number of carbonyl (C=O) groups is 1. The Morgan fingerprint density at radius 1 is 1.30 bits per heavy atom. The van der Waals surface area contributed by atoms with Crippen molar-refractivity contribution in [1.29, 1.82) is 0 Å². The molecule has 4 nitrogen and oxygen atoms in total. The van der Waals surface area contributed by atoms with Gasteiger partial charge < -0.3 is 15.4 Å². The van der Waals surface area contributed by atoms with E-state index in [4.69, 9.17) is 0 Å². The van der Waals surface area contributed by atoms with Gasteiger partial charge in [-0.3, -0.25) is 4.79 Å². The molecule has 0 aliphatic rings. The Hall–Kier alpha value is -1.47. The van der Waals surface area contributed by atoms with Crippen molar-refractivity contribution in [2.45, 2.75) is 19.3 Å². The molecule has 1 amide bonds. The first-order valence-electron chi connectivity index (χ1n) is 5.67. The summed E-state index contributed by atoms with van der Waals surface area (Å²) in [5.41, 5.74) is 0.276. The van der Waals surface area contributed by atoms with Crippen molar-refractivity contribution < 1.29 is 22.7 Å². The molecule has 8 heteroatoms. The fraction of sp³-hybridized carbons (Fsp3) is 0.417. The highest BCUT2D eigenvalue weighted by molar-refractivity contribution is 5.85. The van der Waals surface area contributed by atoms with Crippen LogP contribution in [-0.2, 0) is 11.3 Å². The van der Waals surface area contributed by atoms with Gasteiger partial charge in [-0.05, 0) is 13.1 Å². The Bertz CT molecular complexity index is 427. The lowest BCUT2D eigenvalue weighted by Gasteiger charge is -2.13. The Labute approximate surface area is 121 Å². The van der Waals surface area contributed by atoms with Gasteiger partial charge in [0, 0.05) is 25.1 Å². The Morgan fingerprint density at radius 2 is 1.95 bits per heavy atom. The molecule has 0 saturated heterocycles. The molecule has 1 aromatic rings. The third-order valence-corrected chi connectivity index (χ3v) is 2.28. The summed E-state index contributed by atoms with van der Waals surface area (Å²) in [6.45, 7) is 0.501. The fourth-order valence-electron chi connectivity index (χ4n) is 1.39. The number of ether oxygens (including phenoxy) is 1. The molecular formula is C12H16ClF3N2O2. The molecule has 0 aliphatic carbocycles. The third kappa shape index (κ3) is 7.20. The van der Waals surface area contributed by atoms with Crippen LogP contribution in [0.1, 0.15) is 12.0 Å². The maximum atomic E-state index is 12.2. The van der Waals surface area contributed by atoms with E-state index in [1.807, 2.05) is 0 Å². The minimum atomic E-state index is -4.74. The molecule has 0 aromatic heterocycles. The summed E-state index contributed by atoms with van der Waals surface area (Å²) in [5, 5.41) is 5.34. The van der Waals surface area contributed by atoms with Gasteiger partial charge in [0.1, 0.15) is 5.75 Å². The largest absolute Gasteiger partial charge is 0.573 e. The summed E-state index contributed by atoms with van der Waals surface area (Å²) < 4.78 is 40.4. The van der Waals surface area contributed by atoms with E-state index in [9.17, 15) is 18.0 Å². The van der Waals surface area contributed by atoms with Crippen LogP contribution in [0.5, 0.6) is 5.75 Å². The van der Waals surface area contributed by atoms with E-state index in [0.29, 0.717) is 6.54 Å². The average Bonchev–Trinajstić information content (AvgIpc) is 2.33. The highest BCUT2D eigenvalue weighted by Gasteiger charge is 2.31. The molecule has 0 bridgehead atoms. The number of alkyl halides is 3. The van der Waals surface area contributed by atoms with E-state index >= 15 is 0 Å². The summed E-state index contributed by atoms with van der Waals surface area (Å²) in [7, 11) is 1.71. The van der Waals surface area contributed by atoms with Crippen molar-refractivity contribution >= 4 is 18.3 Å². The lowest BCUT2D eigenvalue weighted by Crippen LogP contribution is -2.26. The van der Waals surface area contributed by atoms with Crippen molar-refractivity contribution in [3.63, 3.8) is 0 Å². The summed E-state index contributed by atoms with van der Waals surface area (Å²) in [4.78, 5) is 11.4. The third-order valence-electron chi connectivity index (χ3n) is 2.28. The van der Waals surface area contributed by atoms with Gasteiger partial charge in [-0.25, -0.2) is 0 Å². The first kappa shape index (κ1) is 18.5. The molecule has 0 aliphatic heterocycles. The maximum absolute atomic E-state index is 12.2. The Morgan fingerprint density at radius 3 is 2.55 bits per heavy atom. The molecule has 1 rings (SSSR count). The number of hydrogen-bond acceptors (Lipinski definition) is 3. The maximum Gasteiger partial charge on any atom is 0.573 e. The molecule has 114 valence electrons. The van der Waals surface area contributed by atoms with Gasteiger partial charge in [0.2, 0.25) is 5.91 Å². The molecule has 0 fully saturated rings. The molecule has 1 aromatic carbocycles. The molecule has 2 N–H and O–H groups in total. The molecule has 20 heavy (non-hydrogen) atoms. The smallest absolute Gasteiger partial charge is 0.405 e. The molecule has 0 atom stereocenters. The number of hydrogen-bond donors (Lipinski definition) is 2. The van der Waals surface area contributed by atoms with Crippen LogP contribution in [0.2, 0.25) is 0 Å². The number of para-hydroxylation sites is 1. The van der Waals surface area contributed by atoms with Crippen LogP contribution in [0.4, 0.5) is 13.2 Å². The normalized spacial score (nSPS) is 10.6. The van der Waals surface area contributed by atoms with E-state index in [0.717, 1.165) is 0 Å². The van der Waals surface area contributed by atoms with Crippen LogP contribution in [-0.4, -0.2) is 25.9 Å². The van der Waals surface area contributed by atoms with Crippen molar-refractivity contribution in [3.8, 4) is 5.75 Å². The quantitative estimate of drug-likeness (QED) is 0.847. The second-order valence-corrected chi connectivity index (χ2v) is 3.79. The predicted octanol–water partition coefficient (Wildman–Crippen LogP) is 2.23. The lowest BCUT2D eigenvalue weighted by atomic mass is 10.2. The number of amides is 1. The van der Waals surface area contributed by atoms with Crippen molar-refractivity contribution in [2.75, 3.05) is 13.6 Å². The van der Waals surface area contributed by atoms with E-state index in [-0.39, 0.29) is 42.6 Å². The second-order valence-electron chi connectivity index (χ2n) is 3.79. The van der Waals surface area contributed by atoms with Crippen LogP contribution in [0.3, 0.4) is 0 Å². The van der Waals surface area contributed by atoms with Gasteiger partial charge in [-0.1, -0.05) is 18.2 Å². The van der Waals surface area contributed by atoms with Crippen LogP contribution in [0, 0.1) is 0 Å². The van der Waals surface area contributed by atoms with Gasteiger partial charge in [0.15, 0.2) is 0 Å². The molecule has 0 unspecified atom stereocenters. The number of halogens is 4. The van der Waals surface area contributed by atoms with Crippen LogP contribution >= 0.6 is 12.4 Å². The van der Waals surface area contributed by atoms with Crippen LogP contribution < -0.4 is 15.4 Å². The van der Waals surface area contributed by atoms with E-state index in [1.165, 1.54) is 18.2 Å². The summed E-state index contributed by atoms with van der Waals surface area (Å²) >= 11 is 0. The van der Waals surface area contributed by atoms with Gasteiger partial charge in [0.05, 0.1) is 0 Å². The first-order valence-corrected chi connectivity index (χ1v) is 5.67. The SMILES string of the molecule is CNCCC(=O)NCc1ccccc1OC(F)(F)F.Cl.